The van der Waals surface area contributed by atoms with Crippen molar-refractivity contribution >= 4 is 12.0 Å². The highest BCUT2D eigenvalue weighted by atomic mass is 19.4. The van der Waals surface area contributed by atoms with E-state index in [2.05, 4.69) is 10.6 Å². The first-order valence-corrected chi connectivity index (χ1v) is 12.9. The number of carbonyl (C=O) groups excluding carboxylic acids is 2. The maximum Gasteiger partial charge on any atom is 0.408 e. The summed E-state index contributed by atoms with van der Waals surface area (Å²) in [5, 5.41) is 5.30. The third kappa shape index (κ3) is 9.72. The Kier molecular flexibility index (Phi) is 9.99. The minimum Gasteiger partial charge on any atom is -0.489 e. The van der Waals surface area contributed by atoms with Crippen LogP contribution < -0.4 is 15.4 Å². The Bertz CT molecular complexity index is 1410. The van der Waals surface area contributed by atoms with Gasteiger partial charge in [0.1, 0.15) is 25.0 Å². The Balaban J connectivity index is 1.43. The van der Waals surface area contributed by atoms with Gasteiger partial charge in [0.05, 0.1) is 6.42 Å². The second-order valence-electron chi connectivity index (χ2n) is 9.31. The number of benzene rings is 4. The lowest BCUT2D eigenvalue weighted by Gasteiger charge is -2.19. The lowest BCUT2D eigenvalue weighted by atomic mass is 10.1. The van der Waals surface area contributed by atoms with Gasteiger partial charge < -0.3 is 20.1 Å². The van der Waals surface area contributed by atoms with Crippen LogP contribution in [0.3, 0.4) is 0 Å². The number of halogens is 3. The third-order valence-electron chi connectivity index (χ3n) is 6.06. The number of alkyl halides is 3. The fourth-order valence-corrected chi connectivity index (χ4v) is 4.05. The van der Waals surface area contributed by atoms with Crippen molar-refractivity contribution in [1.29, 1.82) is 0 Å². The van der Waals surface area contributed by atoms with Gasteiger partial charge >= 0.3 is 12.3 Å². The number of alkyl carbamates (subject to hydrolysis) is 1. The van der Waals surface area contributed by atoms with Gasteiger partial charge in [-0.2, -0.15) is 13.2 Å². The first kappa shape index (κ1) is 29.2. The number of amides is 2. The zero-order chi connectivity index (χ0) is 29.1. The summed E-state index contributed by atoms with van der Waals surface area (Å²) in [5.41, 5.74) is 2.83. The van der Waals surface area contributed by atoms with Crippen LogP contribution in [0.5, 0.6) is 5.75 Å². The van der Waals surface area contributed by atoms with E-state index in [0.717, 1.165) is 11.1 Å². The van der Waals surface area contributed by atoms with Gasteiger partial charge in [0.25, 0.3) is 0 Å². The molecule has 0 aliphatic heterocycles. The van der Waals surface area contributed by atoms with Gasteiger partial charge in [-0.1, -0.05) is 97.1 Å². The van der Waals surface area contributed by atoms with Gasteiger partial charge in [0.2, 0.25) is 5.91 Å². The van der Waals surface area contributed by atoms with Crippen LogP contribution in [-0.4, -0.2) is 18.2 Å². The maximum absolute atomic E-state index is 13.2. The molecule has 0 bridgehead atoms. The molecule has 0 aromatic heterocycles. The Labute approximate surface area is 236 Å². The molecule has 1 atom stereocenters. The van der Waals surface area contributed by atoms with Gasteiger partial charge in [-0.05, 0) is 39.9 Å². The molecule has 0 saturated heterocycles. The third-order valence-corrected chi connectivity index (χ3v) is 6.06. The number of rotatable bonds is 11. The molecular weight excluding hydrogens is 533 g/mol. The Hall–Kier alpha value is -4.79. The molecular formula is C32H29F3N2O4. The number of carbonyl (C=O) groups is 2. The second kappa shape index (κ2) is 14.0. The Morgan fingerprint density at radius 1 is 0.707 bits per heavy atom. The summed E-state index contributed by atoms with van der Waals surface area (Å²) in [5.74, 6) is 0.0192. The van der Waals surface area contributed by atoms with Gasteiger partial charge in [0.15, 0.2) is 0 Å². The summed E-state index contributed by atoms with van der Waals surface area (Å²) in [7, 11) is 0. The van der Waals surface area contributed by atoms with Crippen LogP contribution >= 0.6 is 0 Å². The predicted molar refractivity (Wildman–Crippen MR) is 148 cm³/mol. The average molecular weight is 563 g/mol. The van der Waals surface area contributed by atoms with Crippen molar-refractivity contribution in [3.05, 3.63) is 137 Å². The normalized spacial score (nSPS) is 11.8. The molecule has 4 aromatic carbocycles. The van der Waals surface area contributed by atoms with Crippen LogP contribution in [0.1, 0.15) is 33.9 Å². The summed E-state index contributed by atoms with van der Waals surface area (Å²) < 4.78 is 49.5. The van der Waals surface area contributed by atoms with Crippen molar-refractivity contribution in [3.8, 4) is 5.75 Å². The van der Waals surface area contributed by atoms with Crippen LogP contribution in [0, 0.1) is 0 Å². The molecule has 0 aliphatic rings. The fraction of sp³-hybridized carbons (Fsp3) is 0.188. The number of hydrogen-bond donors (Lipinski definition) is 2. The molecule has 0 fully saturated rings. The van der Waals surface area contributed by atoms with Crippen molar-refractivity contribution in [2.75, 3.05) is 0 Å². The summed E-state index contributed by atoms with van der Waals surface area (Å²) in [6.45, 7) is 0.348. The smallest absolute Gasteiger partial charge is 0.408 e. The van der Waals surface area contributed by atoms with Crippen molar-refractivity contribution in [1.82, 2.24) is 10.6 Å². The molecule has 0 aliphatic carbocycles. The van der Waals surface area contributed by atoms with Crippen molar-refractivity contribution < 1.29 is 32.2 Å². The van der Waals surface area contributed by atoms with E-state index >= 15 is 0 Å². The SMILES string of the molecule is O=C(N[C@H](C(=O)NCc1cccc(CC(F)(F)F)c1)c1ccc(OCc2ccccc2)cc1)OCc1ccccc1. The number of nitrogens with one attached hydrogen (secondary N) is 2. The van der Waals surface area contributed by atoms with Crippen LogP contribution in [-0.2, 0) is 35.7 Å². The monoisotopic (exact) mass is 562 g/mol. The molecule has 2 amide bonds. The summed E-state index contributed by atoms with van der Waals surface area (Å²) in [6.07, 6.45) is -6.20. The van der Waals surface area contributed by atoms with Gasteiger partial charge in [0, 0.05) is 6.54 Å². The van der Waals surface area contributed by atoms with E-state index in [9.17, 15) is 22.8 Å². The minimum absolute atomic E-state index is 0.0132. The van der Waals surface area contributed by atoms with Crippen LogP contribution in [0.2, 0.25) is 0 Å². The van der Waals surface area contributed by atoms with Crippen LogP contribution in [0.15, 0.2) is 109 Å². The molecule has 9 heteroatoms. The lowest BCUT2D eigenvalue weighted by molar-refractivity contribution is -0.127. The molecule has 212 valence electrons. The topological polar surface area (TPSA) is 76.7 Å². The highest BCUT2D eigenvalue weighted by molar-refractivity contribution is 5.86. The highest BCUT2D eigenvalue weighted by Crippen LogP contribution is 2.23. The van der Waals surface area contributed by atoms with Crippen LogP contribution in [0.25, 0.3) is 0 Å². The largest absolute Gasteiger partial charge is 0.489 e. The molecule has 4 rings (SSSR count). The first-order valence-electron chi connectivity index (χ1n) is 12.9. The summed E-state index contributed by atoms with van der Waals surface area (Å²) in [6, 6.07) is 30.2. The zero-order valence-corrected chi connectivity index (χ0v) is 22.1. The van der Waals surface area contributed by atoms with Crippen molar-refractivity contribution in [2.24, 2.45) is 0 Å². The summed E-state index contributed by atoms with van der Waals surface area (Å²) in [4.78, 5) is 25.9. The van der Waals surface area contributed by atoms with E-state index in [-0.39, 0.29) is 18.7 Å². The molecule has 41 heavy (non-hydrogen) atoms. The predicted octanol–water partition coefficient (Wildman–Crippen LogP) is 6.65. The Morgan fingerprint density at radius 2 is 1.29 bits per heavy atom. The van der Waals surface area contributed by atoms with Gasteiger partial charge in [-0.3, -0.25) is 4.79 Å². The molecule has 6 nitrogen and oxygen atoms in total. The number of ether oxygens (including phenoxy) is 2. The molecule has 0 heterocycles. The average Bonchev–Trinajstić information content (AvgIpc) is 2.97. The minimum atomic E-state index is -4.34. The molecule has 2 N–H and O–H groups in total. The first-order chi connectivity index (χ1) is 19.7. The van der Waals surface area contributed by atoms with E-state index in [4.69, 9.17) is 9.47 Å². The quantitative estimate of drug-likeness (QED) is 0.215. The molecule has 4 aromatic rings. The maximum atomic E-state index is 13.2. The van der Waals surface area contributed by atoms with E-state index in [1.807, 2.05) is 48.5 Å². The van der Waals surface area contributed by atoms with E-state index in [1.54, 1.807) is 42.5 Å². The number of hydrogen-bond acceptors (Lipinski definition) is 4. The molecule has 0 unspecified atom stereocenters. The van der Waals surface area contributed by atoms with E-state index in [0.29, 0.717) is 23.5 Å². The van der Waals surface area contributed by atoms with Gasteiger partial charge in [-0.15, -0.1) is 0 Å². The molecule has 0 saturated carbocycles. The van der Waals surface area contributed by atoms with E-state index < -0.39 is 30.6 Å². The van der Waals surface area contributed by atoms with E-state index in [1.165, 1.54) is 18.2 Å². The summed E-state index contributed by atoms with van der Waals surface area (Å²) >= 11 is 0. The standard InChI is InChI=1S/C32H29F3N2O4/c33-32(34,35)19-25-12-7-13-26(18-25)20-36-30(38)29(37-31(39)41-22-24-10-5-2-6-11-24)27-14-16-28(17-15-27)40-21-23-8-3-1-4-9-23/h1-18,29H,19-22H2,(H,36,38)(H,37,39)/t29-/m0/s1. The van der Waals surface area contributed by atoms with Crippen molar-refractivity contribution in [2.45, 2.75) is 38.4 Å². The molecule has 0 radical (unpaired) electrons. The van der Waals surface area contributed by atoms with Crippen LogP contribution in [0.4, 0.5) is 18.0 Å². The fourth-order valence-electron chi connectivity index (χ4n) is 4.05. The lowest BCUT2D eigenvalue weighted by Crippen LogP contribution is -2.40. The van der Waals surface area contributed by atoms with Gasteiger partial charge in [-0.25, -0.2) is 4.79 Å². The Morgan fingerprint density at radius 3 is 1.93 bits per heavy atom. The molecule has 0 spiro atoms. The highest BCUT2D eigenvalue weighted by Gasteiger charge is 2.28. The second-order valence-corrected chi connectivity index (χ2v) is 9.31. The van der Waals surface area contributed by atoms with Crippen molar-refractivity contribution in [3.63, 3.8) is 0 Å². The zero-order valence-electron chi connectivity index (χ0n) is 22.1.